The molecule has 2 N–H and O–H groups in total. The molecule has 0 spiro atoms. The van der Waals surface area contributed by atoms with Gasteiger partial charge in [-0.3, -0.25) is 0 Å². The lowest BCUT2D eigenvalue weighted by Gasteiger charge is -2.18. The van der Waals surface area contributed by atoms with Gasteiger partial charge in [-0.2, -0.15) is 0 Å². The number of methoxy groups -OCH3 is 2. The summed E-state index contributed by atoms with van der Waals surface area (Å²) in [4.78, 5) is 0. The van der Waals surface area contributed by atoms with E-state index in [0.29, 0.717) is 6.42 Å². The fourth-order valence-corrected chi connectivity index (χ4v) is 2.86. The maximum absolute atomic E-state index is 10.0. The van der Waals surface area contributed by atoms with E-state index in [1.807, 2.05) is 48.5 Å². The SMILES string of the molecule is COc1ccc(C)cc1.COc1ccc(CC(O)C2CCCN2)cc1. The van der Waals surface area contributed by atoms with E-state index in [4.69, 9.17) is 9.47 Å². The van der Waals surface area contributed by atoms with Crippen LogP contribution >= 0.6 is 0 Å². The van der Waals surface area contributed by atoms with Crippen LogP contribution in [0.1, 0.15) is 24.0 Å². The molecule has 3 rings (SSSR count). The molecule has 2 atom stereocenters. The Kier molecular flexibility index (Phi) is 7.76. The molecule has 136 valence electrons. The summed E-state index contributed by atoms with van der Waals surface area (Å²) in [6, 6.07) is 16.1. The molecular weight excluding hydrogens is 314 g/mol. The Hall–Kier alpha value is -2.04. The Morgan fingerprint density at radius 3 is 2.04 bits per heavy atom. The number of hydrogen-bond acceptors (Lipinski definition) is 4. The van der Waals surface area contributed by atoms with Gasteiger partial charge in [0, 0.05) is 6.04 Å². The summed E-state index contributed by atoms with van der Waals surface area (Å²) >= 11 is 0. The average molecular weight is 343 g/mol. The van der Waals surface area contributed by atoms with Crippen LogP contribution in [0, 0.1) is 6.92 Å². The number of rotatable bonds is 5. The molecule has 1 fully saturated rings. The molecule has 0 amide bonds. The molecule has 1 saturated heterocycles. The Morgan fingerprint density at radius 1 is 1.00 bits per heavy atom. The zero-order chi connectivity index (χ0) is 18.1. The number of aryl methyl sites for hydroxylation is 1. The van der Waals surface area contributed by atoms with Gasteiger partial charge in [-0.05, 0) is 62.6 Å². The lowest BCUT2D eigenvalue weighted by atomic mass is 10.0. The van der Waals surface area contributed by atoms with E-state index < -0.39 is 0 Å². The Bertz CT molecular complexity index is 604. The standard InChI is InChI=1S/C13H19NO2.C8H10O/c1-16-11-6-4-10(5-7-11)9-13(15)12-3-2-8-14-12;1-7-3-5-8(9-2)6-4-7/h4-7,12-15H,2-3,8-9H2,1H3;3-6H,1-2H3. The average Bonchev–Trinajstić information content (AvgIpc) is 3.18. The first-order valence-corrected chi connectivity index (χ1v) is 8.77. The molecular formula is C21H29NO3. The van der Waals surface area contributed by atoms with Crippen molar-refractivity contribution >= 4 is 0 Å². The highest BCUT2D eigenvalue weighted by molar-refractivity contribution is 5.28. The second-order valence-electron chi connectivity index (χ2n) is 6.34. The summed E-state index contributed by atoms with van der Waals surface area (Å²) in [7, 11) is 3.33. The van der Waals surface area contributed by atoms with Gasteiger partial charge in [0.15, 0.2) is 0 Å². The topological polar surface area (TPSA) is 50.7 Å². The zero-order valence-corrected chi connectivity index (χ0v) is 15.4. The first-order valence-electron chi connectivity index (χ1n) is 8.77. The lowest BCUT2D eigenvalue weighted by Crippen LogP contribution is -2.36. The lowest BCUT2D eigenvalue weighted by molar-refractivity contribution is 0.136. The first kappa shape index (κ1) is 19.3. The van der Waals surface area contributed by atoms with E-state index >= 15 is 0 Å². The second kappa shape index (κ2) is 10.1. The van der Waals surface area contributed by atoms with E-state index in [2.05, 4.69) is 12.2 Å². The van der Waals surface area contributed by atoms with Crippen LogP contribution in [0.25, 0.3) is 0 Å². The minimum Gasteiger partial charge on any atom is -0.497 e. The smallest absolute Gasteiger partial charge is 0.118 e. The van der Waals surface area contributed by atoms with Gasteiger partial charge in [-0.15, -0.1) is 0 Å². The third kappa shape index (κ3) is 6.40. The maximum atomic E-state index is 10.0. The molecule has 0 saturated carbocycles. The number of hydrogen-bond donors (Lipinski definition) is 2. The molecule has 4 heteroatoms. The van der Waals surface area contributed by atoms with Crippen LogP contribution < -0.4 is 14.8 Å². The predicted molar refractivity (Wildman–Crippen MR) is 101 cm³/mol. The number of nitrogens with one attached hydrogen (secondary N) is 1. The van der Waals surface area contributed by atoms with Crippen LogP contribution in [0.2, 0.25) is 0 Å². The number of aliphatic hydroxyl groups is 1. The van der Waals surface area contributed by atoms with Crippen LogP contribution in [0.15, 0.2) is 48.5 Å². The molecule has 1 heterocycles. The molecule has 1 aliphatic rings. The summed E-state index contributed by atoms with van der Waals surface area (Å²) in [5, 5.41) is 13.4. The molecule has 2 aromatic carbocycles. The molecule has 2 unspecified atom stereocenters. The first-order chi connectivity index (χ1) is 12.1. The zero-order valence-electron chi connectivity index (χ0n) is 15.4. The fraction of sp³-hybridized carbons (Fsp3) is 0.429. The van der Waals surface area contributed by atoms with Crippen molar-refractivity contribution in [2.75, 3.05) is 20.8 Å². The number of aliphatic hydroxyl groups excluding tert-OH is 1. The highest BCUT2D eigenvalue weighted by Crippen LogP contribution is 2.16. The minimum atomic E-state index is -0.282. The van der Waals surface area contributed by atoms with Gasteiger partial charge in [0.05, 0.1) is 20.3 Å². The third-order valence-corrected chi connectivity index (χ3v) is 4.42. The summed E-state index contributed by atoms with van der Waals surface area (Å²) < 4.78 is 10.1. The van der Waals surface area contributed by atoms with Crippen LogP contribution in [0.4, 0.5) is 0 Å². The van der Waals surface area contributed by atoms with Crippen molar-refractivity contribution in [3.63, 3.8) is 0 Å². The molecule has 0 aliphatic carbocycles. The number of ether oxygens (including phenoxy) is 2. The largest absolute Gasteiger partial charge is 0.497 e. The summed E-state index contributed by atoms with van der Waals surface area (Å²) in [6.45, 7) is 3.09. The molecule has 0 aromatic heterocycles. The van der Waals surface area contributed by atoms with Gasteiger partial charge in [-0.25, -0.2) is 0 Å². The van der Waals surface area contributed by atoms with Crippen LogP contribution in [-0.4, -0.2) is 38.0 Å². The van der Waals surface area contributed by atoms with Gasteiger partial charge in [0.2, 0.25) is 0 Å². The normalized spacial score (nSPS) is 17.4. The highest BCUT2D eigenvalue weighted by atomic mass is 16.5. The molecule has 1 aliphatic heterocycles. The van der Waals surface area contributed by atoms with E-state index in [1.165, 1.54) is 12.0 Å². The van der Waals surface area contributed by atoms with Crippen molar-refractivity contribution in [1.29, 1.82) is 0 Å². The van der Waals surface area contributed by atoms with Crippen LogP contribution in [0.3, 0.4) is 0 Å². The van der Waals surface area contributed by atoms with Crippen molar-refractivity contribution in [3.05, 3.63) is 59.7 Å². The summed E-state index contributed by atoms with van der Waals surface area (Å²) in [6.07, 6.45) is 2.68. The maximum Gasteiger partial charge on any atom is 0.118 e. The van der Waals surface area contributed by atoms with Crippen molar-refractivity contribution in [2.24, 2.45) is 0 Å². The highest BCUT2D eigenvalue weighted by Gasteiger charge is 2.22. The van der Waals surface area contributed by atoms with Gasteiger partial charge in [-0.1, -0.05) is 29.8 Å². The van der Waals surface area contributed by atoms with E-state index in [0.717, 1.165) is 30.0 Å². The molecule has 0 radical (unpaired) electrons. The van der Waals surface area contributed by atoms with Gasteiger partial charge in [0.25, 0.3) is 0 Å². The molecule has 0 bridgehead atoms. The van der Waals surface area contributed by atoms with Crippen LogP contribution in [0.5, 0.6) is 11.5 Å². The third-order valence-electron chi connectivity index (χ3n) is 4.42. The van der Waals surface area contributed by atoms with Crippen molar-refractivity contribution in [1.82, 2.24) is 5.32 Å². The van der Waals surface area contributed by atoms with Crippen LogP contribution in [-0.2, 0) is 6.42 Å². The van der Waals surface area contributed by atoms with Crippen molar-refractivity contribution < 1.29 is 14.6 Å². The second-order valence-corrected chi connectivity index (χ2v) is 6.34. The molecule has 4 nitrogen and oxygen atoms in total. The molecule has 25 heavy (non-hydrogen) atoms. The Labute approximate surface area is 150 Å². The van der Waals surface area contributed by atoms with Gasteiger partial charge in [0.1, 0.15) is 11.5 Å². The Morgan fingerprint density at radius 2 is 1.56 bits per heavy atom. The number of benzene rings is 2. The Balaban J connectivity index is 0.000000212. The van der Waals surface area contributed by atoms with E-state index in [1.54, 1.807) is 14.2 Å². The monoisotopic (exact) mass is 343 g/mol. The fourth-order valence-electron chi connectivity index (χ4n) is 2.86. The molecule has 2 aromatic rings. The van der Waals surface area contributed by atoms with Crippen molar-refractivity contribution in [2.45, 2.75) is 38.3 Å². The van der Waals surface area contributed by atoms with E-state index in [9.17, 15) is 5.11 Å². The van der Waals surface area contributed by atoms with Gasteiger partial charge >= 0.3 is 0 Å². The predicted octanol–water partition coefficient (Wildman–Crippen LogP) is 3.35. The summed E-state index contributed by atoms with van der Waals surface area (Å²) in [5.74, 6) is 1.78. The minimum absolute atomic E-state index is 0.266. The quantitative estimate of drug-likeness (QED) is 0.874. The van der Waals surface area contributed by atoms with Gasteiger partial charge < -0.3 is 19.9 Å². The van der Waals surface area contributed by atoms with Crippen molar-refractivity contribution in [3.8, 4) is 11.5 Å². The summed E-state index contributed by atoms with van der Waals surface area (Å²) in [5.41, 5.74) is 2.41. The van der Waals surface area contributed by atoms with E-state index in [-0.39, 0.29) is 12.1 Å².